The predicted octanol–water partition coefficient (Wildman–Crippen LogP) is 2.17. The van der Waals surface area contributed by atoms with Gasteiger partial charge in [-0.05, 0) is 69.7 Å². The first-order valence-corrected chi connectivity index (χ1v) is 10.3. The summed E-state index contributed by atoms with van der Waals surface area (Å²) in [6.07, 6.45) is 5.11. The van der Waals surface area contributed by atoms with Crippen molar-refractivity contribution in [3.63, 3.8) is 0 Å². The number of thiophene rings is 1. The van der Waals surface area contributed by atoms with Gasteiger partial charge in [0, 0.05) is 29.9 Å². The van der Waals surface area contributed by atoms with Gasteiger partial charge in [0.05, 0.1) is 4.88 Å². The van der Waals surface area contributed by atoms with Crippen molar-refractivity contribution in [2.24, 2.45) is 11.3 Å². The number of carbonyl (C=O) groups is 2. The smallest absolute Gasteiger partial charge is 0.261 e. The van der Waals surface area contributed by atoms with Crippen molar-refractivity contribution in [3.05, 3.63) is 21.9 Å². The lowest BCUT2D eigenvalue weighted by molar-refractivity contribution is -0.134. The van der Waals surface area contributed by atoms with Crippen molar-refractivity contribution in [1.29, 1.82) is 0 Å². The Hall–Kier alpha value is -1.40. The molecule has 1 atom stereocenters. The van der Waals surface area contributed by atoms with Crippen LogP contribution in [0.2, 0.25) is 0 Å². The molecule has 2 aliphatic heterocycles. The van der Waals surface area contributed by atoms with Gasteiger partial charge in [-0.1, -0.05) is 0 Å². The molecule has 4 rings (SSSR count). The highest BCUT2D eigenvalue weighted by Gasteiger charge is 2.58. The summed E-state index contributed by atoms with van der Waals surface area (Å²) < 4.78 is 0. The van der Waals surface area contributed by atoms with Crippen LogP contribution < -0.4 is 10.6 Å². The molecule has 3 heterocycles. The minimum Gasteiger partial charge on any atom is -0.348 e. The number of amides is 2. The van der Waals surface area contributed by atoms with Gasteiger partial charge in [0.2, 0.25) is 5.91 Å². The average molecular weight is 362 g/mol. The number of piperidine rings is 2. The van der Waals surface area contributed by atoms with Crippen LogP contribution in [0.1, 0.15) is 46.7 Å². The number of aryl methyl sites for hydroxylation is 1. The Morgan fingerprint density at radius 1 is 1.24 bits per heavy atom. The van der Waals surface area contributed by atoms with E-state index in [2.05, 4.69) is 10.6 Å². The molecule has 3 aliphatic rings. The van der Waals surface area contributed by atoms with Crippen LogP contribution >= 0.6 is 11.3 Å². The van der Waals surface area contributed by atoms with Crippen LogP contribution in [0.25, 0.3) is 0 Å². The van der Waals surface area contributed by atoms with E-state index >= 15 is 0 Å². The third-order valence-corrected chi connectivity index (χ3v) is 7.19. The van der Waals surface area contributed by atoms with Crippen molar-refractivity contribution in [2.45, 2.75) is 45.1 Å². The monoisotopic (exact) mass is 361 g/mol. The molecule has 6 heteroatoms. The molecule has 2 amide bonds. The second-order valence-electron chi connectivity index (χ2n) is 7.85. The van der Waals surface area contributed by atoms with E-state index in [1.54, 1.807) is 0 Å². The number of hydrogen-bond acceptors (Lipinski definition) is 4. The van der Waals surface area contributed by atoms with Gasteiger partial charge in [0.25, 0.3) is 5.91 Å². The first-order valence-electron chi connectivity index (χ1n) is 9.44. The van der Waals surface area contributed by atoms with Crippen molar-refractivity contribution in [3.8, 4) is 0 Å². The molecule has 1 saturated carbocycles. The summed E-state index contributed by atoms with van der Waals surface area (Å²) >= 11 is 1.53. The fraction of sp³-hybridized carbons (Fsp3) is 0.684. The van der Waals surface area contributed by atoms with Gasteiger partial charge in [0.15, 0.2) is 0 Å². The van der Waals surface area contributed by atoms with Crippen LogP contribution in [0.15, 0.2) is 12.1 Å². The van der Waals surface area contributed by atoms with Crippen LogP contribution in [0, 0.1) is 18.3 Å². The maximum Gasteiger partial charge on any atom is 0.261 e. The van der Waals surface area contributed by atoms with E-state index in [0.717, 1.165) is 68.0 Å². The lowest BCUT2D eigenvalue weighted by Crippen LogP contribution is -2.47. The Balaban J connectivity index is 1.26. The highest BCUT2D eigenvalue weighted by Crippen LogP contribution is 2.59. The van der Waals surface area contributed by atoms with Crippen LogP contribution in [0.4, 0.5) is 0 Å². The number of rotatable bonds is 3. The maximum absolute atomic E-state index is 12.8. The summed E-state index contributed by atoms with van der Waals surface area (Å²) in [6, 6.07) is 4.05. The molecule has 1 unspecified atom stereocenters. The van der Waals surface area contributed by atoms with Gasteiger partial charge in [-0.25, -0.2) is 0 Å². The number of nitrogens with one attached hydrogen (secondary N) is 2. The molecule has 2 saturated heterocycles. The summed E-state index contributed by atoms with van der Waals surface area (Å²) in [5, 5.41) is 6.53. The number of hydrogen-bond donors (Lipinski definition) is 2. The summed E-state index contributed by atoms with van der Waals surface area (Å²) in [4.78, 5) is 29.1. The van der Waals surface area contributed by atoms with E-state index in [1.807, 2.05) is 24.0 Å². The molecule has 25 heavy (non-hydrogen) atoms. The SMILES string of the molecule is Cc1ccc(C(=O)NC2CCN(C(=O)C3CC34CCNCC4)CC2)s1. The van der Waals surface area contributed by atoms with Crippen molar-refractivity contribution in [1.82, 2.24) is 15.5 Å². The quantitative estimate of drug-likeness (QED) is 0.867. The molecular formula is C19H27N3O2S. The molecular weight excluding hydrogens is 334 g/mol. The summed E-state index contributed by atoms with van der Waals surface area (Å²) in [6.45, 7) is 5.68. The van der Waals surface area contributed by atoms with Gasteiger partial charge in [-0.15, -0.1) is 11.3 Å². The molecule has 1 aromatic rings. The molecule has 2 N–H and O–H groups in total. The van der Waals surface area contributed by atoms with E-state index in [-0.39, 0.29) is 17.9 Å². The van der Waals surface area contributed by atoms with Gasteiger partial charge >= 0.3 is 0 Å². The molecule has 1 spiro atoms. The lowest BCUT2D eigenvalue weighted by atomic mass is 9.91. The number of nitrogens with zero attached hydrogens (tertiary/aromatic N) is 1. The normalized spacial score (nSPS) is 25.8. The Morgan fingerprint density at radius 3 is 2.60 bits per heavy atom. The Kier molecular flexibility index (Phi) is 4.58. The molecule has 1 aromatic heterocycles. The standard InChI is InChI=1S/C19H27N3O2S/c1-13-2-3-16(25-13)17(23)21-14-4-10-22(11-5-14)18(24)15-12-19(15)6-8-20-9-7-19/h2-3,14-15,20H,4-12H2,1H3,(H,21,23). The number of carbonyl (C=O) groups excluding carboxylic acids is 2. The summed E-state index contributed by atoms with van der Waals surface area (Å²) in [5.74, 6) is 0.647. The molecule has 0 aromatic carbocycles. The van der Waals surface area contributed by atoms with Crippen molar-refractivity contribution < 1.29 is 9.59 Å². The third kappa shape index (κ3) is 3.47. The average Bonchev–Trinajstić information content (AvgIpc) is 3.11. The van der Waals surface area contributed by atoms with Crippen molar-refractivity contribution in [2.75, 3.05) is 26.2 Å². The number of likely N-dealkylation sites (tertiary alicyclic amines) is 1. The van der Waals surface area contributed by atoms with E-state index in [1.165, 1.54) is 11.3 Å². The summed E-state index contributed by atoms with van der Waals surface area (Å²) in [7, 11) is 0. The minimum absolute atomic E-state index is 0.0266. The van der Waals surface area contributed by atoms with Gasteiger partial charge in [-0.2, -0.15) is 0 Å². The topological polar surface area (TPSA) is 61.4 Å². The molecule has 0 bridgehead atoms. The Labute approximate surface area is 153 Å². The van der Waals surface area contributed by atoms with E-state index in [9.17, 15) is 9.59 Å². The fourth-order valence-electron chi connectivity index (χ4n) is 4.45. The van der Waals surface area contributed by atoms with E-state index in [0.29, 0.717) is 11.3 Å². The molecule has 5 nitrogen and oxygen atoms in total. The lowest BCUT2D eigenvalue weighted by Gasteiger charge is -2.33. The fourth-order valence-corrected chi connectivity index (χ4v) is 5.22. The zero-order valence-corrected chi connectivity index (χ0v) is 15.7. The second kappa shape index (κ2) is 6.72. The van der Waals surface area contributed by atoms with Crippen LogP contribution in [0.3, 0.4) is 0 Å². The molecule has 136 valence electrons. The zero-order chi connectivity index (χ0) is 17.4. The molecule has 0 radical (unpaired) electrons. The highest BCUT2D eigenvalue weighted by atomic mass is 32.1. The Bertz CT molecular complexity index is 657. The minimum atomic E-state index is 0.0266. The third-order valence-electron chi connectivity index (χ3n) is 6.19. The largest absolute Gasteiger partial charge is 0.348 e. The summed E-state index contributed by atoms with van der Waals surface area (Å²) in [5.41, 5.74) is 0.310. The van der Waals surface area contributed by atoms with E-state index < -0.39 is 0 Å². The van der Waals surface area contributed by atoms with Crippen LogP contribution in [-0.4, -0.2) is 48.9 Å². The maximum atomic E-state index is 12.8. The zero-order valence-electron chi connectivity index (χ0n) is 14.8. The van der Waals surface area contributed by atoms with Gasteiger partial charge in [-0.3, -0.25) is 9.59 Å². The molecule has 3 fully saturated rings. The van der Waals surface area contributed by atoms with Crippen LogP contribution in [0.5, 0.6) is 0 Å². The van der Waals surface area contributed by atoms with Gasteiger partial charge < -0.3 is 15.5 Å². The Morgan fingerprint density at radius 2 is 1.96 bits per heavy atom. The predicted molar refractivity (Wildman–Crippen MR) is 98.8 cm³/mol. The second-order valence-corrected chi connectivity index (χ2v) is 9.14. The van der Waals surface area contributed by atoms with Crippen molar-refractivity contribution >= 4 is 23.2 Å². The highest BCUT2D eigenvalue weighted by molar-refractivity contribution is 7.13. The molecule has 1 aliphatic carbocycles. The van der Waals surface area contributed by atoms with Gasteiger partial charge in [0.1, 0.15) is 0 Å². The first kappa shape index (κ1) is 17.0. The van der Waals surface area contributed by atoms with E-state index in [4.69, 9.17) is 0 Å². The van der Waals surface area contributed by atoms with Crippen LogP contribution in [-0.2, 0) is 4.79 Å². The first-order chi connectivity index (χ1) is 12.1.